The van der Waals surface area contributed by atoms with Crippen LogP contribution < -0.4 is 5.32 Å². The van der Waals surface area contributed by atoms with Crippen molar-refractivity contribution in [3.05, 3.63) is 59.1 Å². The second kappa shape index (κ2) is 6.98. The van der Waals surface area contributed by atoms with Crippen molar-refractivity contribution >= 4 is 27.5 Å². The number of amides is 1. The van der Waals surface area contributed by atoms with Crippen molar-refractivity contribution in [2.75, 3.05) is 20.3 Å². The third-order valence-corrected chi connectivity index (χ3v) is 4.87. The molecule has 0 aliphatic carbocycles. The highest BCUT2D eigenvalue weighted by atomic mass is 32.1. The summed E-state index contributed by atoms with van der Waals surface area (Å²) in [4.78, 5) is 13.7. The lowest BCUT2D eigenvalue weighted by Gasteiger charge is -2.18. The number of benzene rings is 1. The minimum atomic E-state index is -0.0618. The Balaban J connectivity index is 1.98. The molecule has 3 rings (SSSR count). The minimum Gasteiger partial charge on any atom is -0.383 e. The van der Waals surface area contributed by atoms with Crippen LogP contribution in [-0.2, 0) is 4.74 Å². The van der Waals surface area contributed by atoms with Gasteiger partial charge in [-0.3, -0.25) is 4.79 Å². The molecule has 4 nitrogen and oxygen atoms in total. The van der Waals surface area contributed by atoms with Gasteiger partial charge < -0.3 is 14.6 Å². The number of thiophene rings is 1. The number of carbonyl (C=O) groups is 1. The molecule has 23 heavy (non-hydrogen) atoms. The van der Waals surface area contributed by atoms with E-state index in [1.54, 1.807) is 18.4 Å². The molecule has 120 valence electrons. The number of fused-ring (bicyclic) bond motifs is 1. The second-order valence-corrected chi connectivity index (χ2v) is 6.31. The van der Waals surface area contributed by atoms with Crippen LogP contribution in [0.15, 0.2) is 47.8 Å². The van der Waals surface area contributed by atoms with Gasteiger partial charge in [-0.1, -0.05) is 30.3 Å². The van der Waals surface area contributed by atoms with Gasteiger partial charge in [0.05, 0.1) is 12.6 Å². The van der Waals surface area contributed by atoms with Crippen LogP contribution >= 0.6 is 11.3 Å². The fourth-order valence-electron chi connectivity index (χ4n) is 2.74. The van der Waals surface area contributed by atoms with Gasteiger partial charge in [0.2, 0.25) is 0 Å². The predicted molar refractivity (Wildman–Crippen MR) is 94.3 cm³/mol. The lowest BCUT2D eigenvalue weighted by atomic mass is 10.1. The summed E-state index contributed by atoms with van der Waals surface area (Å²) in [6, 6.07) is 14.4. The van der Waals surface area contributed by atoms with Crippen LogP contribution in [0.2, 0.25) is 0 Å². The van der Waals surface area contributed by atoms with E-state index in [1.165, 1.54) is 5.56 Å². The highest BCUT2D eigenvalue weighted by molar-refractivity contribution is 7.16. The molecule has 0 spiro atoms. The van der Waals surface area contributed by atoms with E-state index in [0.717, 1.165) is 10.2 Å². The normalized spacial score (nSPS) is 12.4. The van der Waals surface area contributed by atoms with Gasteiger partial charge in [-0.05, 0) is 30.0 Å². The summed E-state index contributed by atoms with van der Waals surface area (Å²) in [5.41, 5.74) is 1.88. The highest BCUT2D eigenvalue weighted by Crippen LogP contribution is 2.31. The van der Waals surface area contributed by atoms with Crippen LogP contribution in [0.25, 0.3) is 10.2 Å². The van der Waals surface area contributed by atoms with Crippen LogP contribution in [0.3, 0.4) is 0 Å². The average molecular weight is 328 g/mol. The standard InChI is InChI=1S/C18H20N2O2S/c1-13(14-6-4-3-5-7-14)20-16(17(21)19-9-10-22-2)12-15-8-11-23-18(15)20/h3-8,11-13H,9-10H2,1-2H3,(H,19,21)/t13-/m1/s1. The number of aromatic nitrogens is 1. The van der Waals surface area contributed by atoms with E-state index in [2.05, 4.69) is 40.4 Å². The zero-order valence-electron chi connectivity index (χ0n) is 13.3. The van der Waals surface area contributed by atoms with E-state index in [1.807, 2.05) is 24.3 Å². The Morgan fingerprint density at radius 3 is 2.83 bits per heavy atom. The molecule has 3 aromatic rings. The second-order valence-electron chi connectivity index (χ2n) is 5.42. The molecule has 0 saturated carbocycles. The predicted octanol–water partition coefficient (Wildman–Crippen LogP) is 3.69. The molecule has 1 N–H and O–H groups in total. The first-order valence-corrected chi connectivity index (χ1v) is 8.51. The van der Waals surface area contributed by atoms with Gasteiger partial charge in [0, 0.05) is 19.0 Å². The van der Waals surface area contributed by atoms with Crippen molar-refractivity contribution in [2.24, 2.45) is 0 Å². The number of rotatable bonds is 6. The molecule has 0 fully saturated rings. The third kappa shape index (κ3) is 3.16. The van der Waals surface area contributed by atoms with Crippen molar-refractivity contribution in [1.29, 1.82) is 0 Å². The number of ether oxygens (including phenoxy) is 1. The summed E-state index contributed by atoms with van der Waals surface area (Å²) in [6.07, 6.45) is 0. The summed E-state index contributed by atoms with van der Waals surface area (Å²) >= 11 is 1.66. The number of hydrogen-bond donors (Lipinski definition) is 1. The molecule has 1 aromatic carbocycles. The van der Waals surface area contributed by atoms with Gasteiger partial charge in [0.25, 0.3) is 5.91 Å². The molecular formula is C18H20N2O2S. The van der Waals surface area contributed by atoms with Crippen molar-refractivity contribution in [2.45, 2.75) is 13.0 Å². The molecule has 5 heteroatoms. The largest absolute Gasteiger partial charge is 0.383 e. The van der Waals surface area contributed by atoms with E-state index in [-0.39, 0.29) is 11.9 Å². The van der Waals surface area contributed by atoms with E-state index < -0.39 is 0 Å². The van der Waals surface area contributed by atoms with Gasteiger partial charge in [-0.15, -0.1) is 11.3 Å². The molecule has 0 saturated heterocycles. The maximum atomic E-state index is 12.6. The smallest absolute Gasteiger partial charge is 0.268 e. The summed E-state index contributed by atoms with van der Waals surface area (Å²) in [5.74, 6) is -0.0618. The molecular weight excluding hydrogens is 308 g/mol. The number of nitrogens with zero attached hydrogens (tertiary/aromatic N) is 1. The zero-order chi connectivity index (χ0) is 16.2. The van der Waals surface area contributed by atoms with E-state index in [4.69, 9.17) is 4.74 Å². The Bertz CT molecular complexity index is 792. The van der Waals surface area contributed by atoms with Crippen molar-refractivity contribution < 1.29 is 9.53 Å². The molecule has 0 bridgehead atoms. The fourth-order valence-corrected chi connectivity index (χ4v) is 3.72. The first-order valence-electron chi connectivity index (χ1n) is 7.63. The Labute approximate surface area is 139 Å². The maximum absolute atomic E-state index is 12.6. The van der Waals surface area contributed by atoms with Crippen LogP contribution in [0.4, 0.5) is 0 Å². The Morgan fingerprint density at radius 1 is 1.30 bits per heavy atom. The maximum Gasteiger partial charge on any atom is 0.268 e. The van der Waals surface area contributed by atoms with E-state index >= 15 is 0 Å². The van der Waals surface area contributed by atoms with Crippen LogP contribution in [0.1, 0.15) is 29.0 Å². The lowest BCUT2D eigenvalue weighted by Crippen LogP contribution is -2.29. The number of nitrogens with one attached hydrogen (secondary N) is 1. The van der Waals surface area contributed by atoms with Crippen molar-refractivity contribution in [3.63, 3.8) is 0 Å². The molecule has 0 aliphatic rings. The molecule has 1 atom stereocenters. The SMILES string of the molecule is COCCNC(=O)c1cc2ccsc2n1[C@H](C)c1ccccc1. The van der Waals surface area contributed by atoms with Gasteiger partial charge >= 0.3 is 0 Å². The molecule has 0 radical (unpaired) electrons. The number of hydrogen-bond acceptors (Lipinski definition) is 3. The van der Waals surface area contributed by atoms with Crippen molar-refractivity contribution in [1.82, 2.24) is 9.88 Å². The van der Waals surface area contributed by atoms with Crippen molar-refractivity contribution in [3.8, 4) is 0 Å². The Hall–Kier alpha value is -2.11. The van der Waals surface area contributed by atoms with Gasteiger partial charge in [0.1, 0.15) is 10.5 Å². The molecule has 0 aliphatic heterocycles. The Kier molecular flexibility index (Phi) is 4.79. The number of carbonyl (C=O) groups excluding carboxylic acids is 1. The topological polar surface area (TPSA) is 43.3 Å². The summed E-state index contributed by atoms with van der Waals surface area (Å²) in [7, 11) is 1.63. The molecule has 1 amide bonds. The van der Waals surface area contributed by atoms with Crippen LogP contribution in [-0.4, -0.2) is 30.7 Å². The van der Waals surface area contributed by atoms with Gasteiger partial charge in [-0.25, -0.2) is 0 Å². The van der Waals surface area contributed by atoms with Gasteiger partial charge in [0.15, 0.2) is 0 Å². The van der Waals surface area contributed by atoms with Gasteiger partial charge in [-0.2, -0.15) is 0 Å². The minimum absolute atomic E-state index is 0.0618. The summed E-state index contributed by atoms with van der Waals surface area (Å²) in [5, 5.41) is 6.08. The summed E-state index contributed by atoms with van der Waals surface area (Å²) < 4.78 is 7.12. The number of methoxy groups -OCH3 is 1. The molecule has 0 unspecified atom stereocenters. The lowest BCUT2D eigenvalue weighted by molar-refractivity contribution is 0.0927. The first kappa shape index (κ1) is 15.8. The molecule has 2 aromatic heterocycles. The zero-order valence-corrected chi connectivity index (χ0v) is 14.1. The van der Waals surface area contributed by atoms with Crippen LogP contribution in [0.5, 0.6) is 0 Å². The first-order chi connectivity index (χ1) is 11.2. The monoisotopic (exact) mass is 328 g/mol. The fraction of sp³-hybridized carbons (Fsp3) is 0.278. The van der Waals surface area contributed by atoms with E-state index in [0.29, 0.717) is 18.8 Å². The quantitative estimate of drug-likeness (QED) is 0.701. The van der Waals surface area contributed by atoms with E-state index in [9.17, 15) is 4.79 Å². The third-order valence-electron chi connectivity index (χ3n) is 3.94. The Morgan fingerprint density at radius 2 is 2.09 bits per heavy atom. The molecule has 2 heterocycles. The summed E-state index contributed by atoms with van der Waals surface area (Å²) in [6.45, 7) is 3.14. The average Bonchev–Trinajstić information content (AvgIpc) is 3.16. The highest BCUT2D eigenvalue weighted by Gasteiger charge is 2.20. The van der Waals surface area contributed by atoms with Crippen LogP contribution in [0, 0.1) is 0 Å².